The number of nitrogens with one attached hydrogen (secondary N) is 2. The summed E-state index contributed by atoms with van der Waals surface area (Å²) < 4.78 is 57.0. The van der Waals surface area contributed by atoms with E-state index >= 15 is 0 Å². The monoisotopic (exact) mass is 540 g/mol. The Labute approximate surface area is 212 Å². The van der Waals surface area contributed by atoms with Crippen LogP contribution in [0.5, 0.6) is 0 Å². The molecule has 6 N–H and O–H groups in total. The molecule has 4 rings (SSSR count). The number of likely N-dealkylation sites (tertiary alicyclic amines) is 1. The van der Waals surface area contributed by atoms with Crippen molar-refractivity contribution in [3.05, 3.63) is 65.1 Å². The van der Waals surface area contributed by atoms with E-state index in [-0.39, 0.29) is 18.7 Å². The maximum atomic E-state index is 14.4. The molecule has 2 heterocycles. The van der Waals surface area contributed by atoms with Gasteiger partial charge in [0.1, 0.15) is 11.9 Å². The zero-order valence-electron chi connectivity index (χ0n) is 18.9. The fourth-order valence-electron chi connectivity index (χ4n) is 4.34. The molecule has 0 saturated carbocycles. The van der Waals surface area contributed by atoms with Crippen molar-refractivity contribution in [3.8, 4) is 0 Å². The zero-order chi connectivity index (χ0) is 27.1. The molecule has 1 fully saturated rings. The van der Waals surface area contributed by atoms with Crippen LogP contribution in [0.15, 0.2) is 48.7 Å². The van der Waals surface area contributed by atoms with Gasteiger partial charge in [-0.1, -0.05) is 41.9 Å². The quantitative estimate of drug-likeness (QED) is 0.375. The number of primary amides is 1. The number of alkyl halides is 3. The highest BCUT2D eigenvalue weighted by atomic mass is 35.5. The van der Waals surface area contributed by atoms with E-state index in [1.54, 1.807) is 29.6 Å². The Balaban J connectivity index is 1.59. The second-order valence-corrected chi connectivity index (χ2v) is 8.82. The second kappa shape index (κ2) is 9.90. The number of hydrogen-bond donors (Lipinski definition) is 4. The number of para-hydroxylation sites is 1. The van der Waals surface area contributed by atoms with Crippen LogP contribution >= 0.6 is 11.6 Å². The maximum Gasteiger partial charge on any atom is 0.412 e. The van der Waals surface area contributed by atoms with E-state index in [1.165, 1.54) is 6.20 Å². The summed E-state index contributed by atoms with van der Waals surface area (Å²) in [6.45, 7) is -0.0399. The number of aromatic nitrogens is 1. The maximum absolute atomic E-state index is 14.4. The minimum atomic E-state index is -5.08. The smallest absolute Gasteiger partial charge is 0.351 e. The van der Waals surface area contributed by atoms with Gasteiger partial charge in [0.15, 0.2) is 6.04 Å². The van der Waals surface area contributed by atoms with Crippen LogP contribution < -0.4 is 22.1 Å². The molecule has 2 aromatic carbocycles. The number of amides is 4. The predicted molar refractivity (Wildman–Crippen MR) is 127 cm³/mol. The van der Waals surface area contributed by atoms with Crippen molar-refractivity contribution in [2.24, 2.45) is 11.5 Å². The molecule has 0 radical (unpaired) electrons. The summed E-state index contributed by atoms with van der Waals surface area (Å²) in [4.78, 5) is 38.9. The minimum Gasteiger partial charge on any atom is -0.351 e. The molecule has 4 amide bonds. The van der Waals surface area contributed by atoms with Gasteiger partial charge in [-0.3, -0.25) is 9.36 Å². The van der Waals surface area contributed by atoms with Gasteiger partial charge in [0, 0.05) is 29.7 Å². The molecule has 196 valence electrons. The first-order valence-electron chi connectivity index (χ1n) is 10.9. The van der Waals surface area contributed by atoms with Crippen molar-refractivity contribution in [2.75, 3.05) is 11.9 Å². The van der Waals surface area contributed by atoms with Gasteiger partial charge in [-0.15, -0.1) is 0 Å². The molecule has 0 spiro atoms. The highest BCUT2D eigenvalue weighted by molar-refractivity contribution is 6.30. The number of rotatable bonds is 4. The van der Waals surface area contributed by atoms with Gasteiger partial charge in [-0.25, -0.2) is 14.0 Å². The van der Waals surface area contributed by atoms with Crippen LogP contribution in [0, 0.1) is 5.82 Å². The number of halogens is 5. The largest absolute Gasteiger partial charge is 0.412 e. The molecule has 3 atom stereocenters. The molecule has 9 nitrogen and oxygen atoms in total. The normalized spacial score (nSPS) is 18.6. The van der Waals surface area contributed by atoms with Crippen LogP contribution in [0.2, 0.25) is 5.02 Å². The third-order valence-electron chi connectivity index (χ3n) is 6.07. The Morgan fingerprint density at radius 3 is 2.49 bits per heavy atom. The third-order valence-corrected chi connectivity index (χ3v) is 6.36. The number of carbonyl (C=O) groups is 3. The van der Waals surface area contributed by atoms with Crippen molar-refractivity contribution in [3.63, 3.8) is 0 Å². The molecule has 0 aliphatic carbocycles. The van der Waals surface area contributed by atoms with E-state index in [2.05, 4.69) is 5.32 Å². The summed E-state index contributed by atoms with van der Waals surface area (Å²) in [7, 11) is 0. The molecule has 1 aliphatic heterocycles. The number of hydrogen-bond acceptors (Lipinski definition) is 4. The highest BCUT2D eigenvalue weighted by Crippen LogP contribution is 2.36. The summed E-state index contributed by atoms with van der Waals surface area (Å²) in [5.41, 5.74) is 11.1. The SMILES string of the molecule is NC(=O)n1cc(NC(=O)N2CC[C@@H](N)[C@H]2C(=O)N[C@H](c2cccc(Cl)c2F)C(F)(F)F)c2ccccc21. The van der Waals surface area contributed by atoms with Crippen molar-refractivity contribution in [2.45, 2.75) is 30.7 Å². The van der Waals surface area contributed by atoms with Crippen molar-refractivity contribution < 1.29 is 31.9 Å². The van der Waals surface area contributed by atoms with Crippen LogP contribution in [-0.4, -0.2) is 52.2 Å². The standard InChI is InChI=1S/C23H21ClF4N6O3/c24-13-6-3-5-12(17(13)25)19(23(26,27)28)32-20(35)18-14(29)8-9-33(18)22(37)31-15-10-34(21(30)36)16-7-2-1-4-11(15)16/h1-7,10,14,18-19H,8-9,29H2,(H2,30,36)(H,31,37)(H,32,35)/t14-,18+,19-/m1/s1. The molecule has 1 aromatic heterocycles. The Kier molecular flexibility index (Phi) is 7.02. The average molecular weight is 541 g/mol. The van der Waals surface area contributed by atoms with E-state index in [0.29, 0.717) is 10.9 Å². The lowest BCUT2D eigenvalue weighted by molar-refractivity contribution is -0.165. The number of fused-ring (bicyclic) bond motifs is 1. The van der Waals surface area contributed by atoms with Gasteiger partial charge in [0.05, 0.1) is 16.2 Å². The van der Waals surface area contributed by atoms with Crippen LogP contribution in [0.3, 0.4) is 0 Å². The second-order valence-electron chi connectivity index (χ2n) is 8.42. The summed E-state index contributed by atoms with van der Waals surface area (Å²) in [6.07, 6.45) is -3.66. The first-order valence-corrected chi connectivity index (χ1v) is 11.3. The lowest BCUT2D eigenvalue weighted by Crippen LogP contribution is -2.55. The molecule has 14 heteroatoms. The van der Waals surface area contributed by atoms with Crippen LogP contribution in [-0.2, 0) is 4.79 Å². The first-order chi connectivity index (χ1) is 17.4. The van der Waals surface area contributed by atoms with E-state index < -0.39 is 58.7 Å². The van der Waals surface area contributed by atoms with Gasteiger partial charge in [-0.2, -0.15) is 13.2 Å². The molecule has 37 heavy (non-hydrogen) atoms. The molecule has 0 bridgehead atoms. The van der Waals surface area contributed by atoms with Crippen molar-refractivity contribution >= 4 is 46.2 Å². The summed E-state index contributed by atoms with van der Waals surface area (Å²) in [5, 5.41) is 4.26. The molecule has 0 unspecified atom stereocenters. The Morgan fingerprint density at radius 1 is 1.11 bits per heavy atom. The lowest BCUT2D eigenvalue weighted by Gasteiger charge is -2.29. The number of benzene rings is 2. The van der Waals surface area contributed by atoms with E-state index in [0.717, 1.165) is 27.7 Å². The van der Waals surface area contributed by atoms with Crippen LogP contribution in [0.25, 0.3) is 10.9 Å². The fourth-order valence-corrected chi connectivity index (χ4v) is 4.52. The topological polar surface area (TPSA) is 135 Å². The summed E-state index contributed by atoms with van der Waals surface area (Å²) in [6, 6.07) is 2.75. The van der Waals surface area contributed by atoms with Gasteiger partial charge >= 0.3 is 18.2 Å². The van der Waals surface area contributed by atoms with E-state index in [4.69, 9.17) is 23.1 Å². The van der Waals surface area contributed by atoms with Gasteiger partial charge in [0.25, 0.3) is 0 Å². The molecule has 1 saturated heterocycles. The van der Waals surface area contributed by atoms with E-state index in [9.17, 15) is 31.9 Å². The number of anilines is 1. The number of nitrogens with two attached hydrogens (primary N) is 2. The number of nitrogens with zero attached hydrogens (tertiary/aromatic N) is 2. The highest BCUT2D eigenvalue weighted by Gasteiger charge is 2.47. The molecule has 1 aliphatic rings. The van der Waals surface area contributed by atoms with Gasteiger partial charge in [0.2, 0.25) is 5.91 Å². The lowest BCUT2D eigenvalue weighted by atomic mass is 10.0. The Morgan fingerprint density at radius 2 is 1.81 bits per heavy atom. The summed E-state index contributed by atoms with van der Waals surface area (Å²) in [5.74, 6) is -2.55. The van der Waals surface area contributed by atoms with Crippen LogP contribution in [0.1, 0.15) is 18.0 Å². The predicted octanol–water partition coefficient (Wildman–Crippen LogP) is 3.71. The molecule has 3 aromatic rings. The van der Waals surface area contributed by atoms with Crippen molar-refractivity contribution in [1.29, 1.82) is 0 Å². The molecular weight excluding hydrogens is 520 g/mol. The van der Waals surface area contributed by atoms with E-state index in [1.807, 2.05) is 0 Å². The number of urea groups is 1. The third kappa shape index (κ3) is 5.04. The van der Waals surface area contributed by atoms with Crippen molar-refractivity contribution in [1.82, 2.24) is 14.8 Å². The molecular formula is C23H21ClF4N6O3. The fraction of sp³-hybridized carbons (Fsp3) is 0.261. The van der Waals surface area contributed by atoms with Gasteiger partial charge < -0.3 is 27.0 Å². The minimum absolute atomic E-state index is 0.0399. The average Bonchev–Trinajstić information content (AvgIpc) is 3.40. The summed E-state index contributed by atoms with van der Waals surface area (Å²) >= 11 is 5.63. The number of carbonyl (C=O) groups excluding carboxylic acids is 3. The first kappa shape index (κ1) is 26.2. The zero-order valence-corrected chi connectivity index (χ0v) is 19.7. The Bertz CT molecular complexity index is 1380. The van der Waals surface area contributed by atoms with Gasteiger partial charge in [-0.05, 0) is 18.6 Å². The van der Waals surface area contributed by atoms with Crippen LogP contribution in [0.4, 0.5) is 32.8 Å². The Hall–Kier alpha value is -3.84.